The van der Waals surface area contributed by atoms with Gasteiger partial charge in [0.1, 0.15) is 5.82 Å². The molecule has 3 heterocycles. The first-order chi connectivity index (χ1) is 12.0. The Morgan fingerprint density at radius 1 is 1.36 bits per heavy atom. The highest BCUT2D eigenvalue weighted by atomic mass is 16.2. The summed E-state index contributed by atoms with van der Waals surface area (Å²) in [6, 6.07) is 3.45. The molecule has 0 spiro atoms. The fraction of sp³-hybridized carbons (Fsp3) is 0.412. The molecule has 2 amide bonds. The minimum absolute atomic E-state index is 0.134. The molecule has 0 saturated carbocycles. The number of nitrogens with two attached hydrogens (primary N) is 1. The van der Waals surface area contributed by atoms with Gasteiger partial charge in [-0.05, 0) is 43.9 Å². The Morgan fingerprint density at radius 3 is 2.84 bits per heavy atom. The molecule has 2 aromatic heterocycles. The van der Waals surface area contributed by atoms with Crippen LogP contribution in [0.5, 0.6) is 0 Å². The normalized spacial score (nSPS) is 17.4. The number of amides is 2. The van der Waals surface area contributed by atoms with Crippen LogP contribution < -0.4 is 11.1 Å². The number of nitrogen functional groups attached to an aromatic ring is 1. The summed E-state index contributed by atoms with van der Waals surface area (Å²) in [4.78, 5) is 30.8. The third-order valence-corrected chi connectivity index (χ3v) is 4.53. The molecule has 132 valence electrons. The molecule has 1 aliphatic rings. The van der Waals surface area contributed by atoms with Crippen molar-refractivity contribution < 1.29 is 9.59 Å². The van der Waals surface area contributed by atoms with Gasteiger partial charge >= 0.3 is 11.8 Å². The number of piperidine rings is 1. The second-order valence-corrected chi connectivity index (χ2v) is 6.27. The number of aromatic nitrogens is 3. The van der Waals surface area contributed by atoms with Gasteiger partial charge in [-0.1, -0.05) is 0 Å². The molecule has 8 heteroatoms. The van der Waals surface area contributed by atoms with Gasteiger partial charge in [0.05, 0.1) is 23.6 Å². The van der Waals surface area contributed by atoms with Crippen molar-refractivity contribution >= 4 is 23.3 Å². The maximum atomic E-state index is 12.7. The summed E-state index contributed by atoms with van der Waals surface area (Å²) in [6.07, 6.45) is 5.87. The first-order valence-electron chi connectivity index (χ1n) is 8.29. The SMILES string of the molecule is Cc1cc(NC(=O)C(=O)N2CCCC[C@H]2c2ccnn2C)cnc1N. The maximum absolute atomic E-state index is 12.7. The summed E-state index contributed by atoms with van der Waals surface area (Å²) in [5.41, 5.74) is 7.82. The fourth-order valence-electron chi connectivity index (χ4n) is 3.16. The molecule has 3 rings (SSSR count). The predicted octanol–water partition coefficient (Wildman–Crippen LogP) is 1.40. The van der Waals surface area contributed by atoms with Crippen LogP contribution >= 0.6 is 0 Å². The van der Waals surface area contributed by atoms with E-state index >= 15 is 0 Å². The number of anilines is 2. The van der Waals surface area contributed by atoms with Gasteiger partial charge in [-0.25, -0.2) is 4.98 Å². The second-order valence-electron chi connectivity index (χ2n) is 6.27. The Bertz CT molecular complexity index is 800. The summed E-state index contributed by atoms with van der Waals surface area (Å²) in [5.74, 6) is -0.808. The zero-order valence-electron chi connectivity index (χ0n) is 14.4. The number of hydrogen-bond acceptors (Lipinski definition) is 5. The lowest BCUT2D eigenvalue weighted by atomic mass is 9.99. The first kappa shape index (κ1) is 16.9. The van der Waals surface area contributed by atoms with Gasteiger partial charge in [0, 0.05) is 19.8 Å². The topological polar surface area (TPSA) is 106 Å². The number of carbonyl (C=O) groups excluding carboxylic acids is 2. The standard InChI is InChI=1S/C17H22N6O2/c1-11-9-12(10-19-15(11)18)21-16(24)17(25)23-8-4-3-5-14(23)13-6-7-20-22(13)2/h6-7,9-10,14H,3-5,8H2,1-2H3,(H2,18,19)(H,21,24)/t14-/m0/s1. The van der Waals surface area contributed by atoms with Crippen LogP contribution in [0.15, 0.2) is 24.5 Å². The monoisotopic (exact) mass is 342 g/mol. The molecule has 1 atom stereocenters. The number of pyridine rings is 1. The van der Waals surface area contributed by atoms with Crippen molar-refractivity contribution in [3.05, 3.63) is 35.8 Å². The minimum Gasteiger partial charge on any atom is -0.383 e. The Morgan fingerprint density at radius 2 is 2.16 bits per heavy atom. The lowest BCUT2D eigenvalue weighted by Gasteiger charge is -2.35. The number of hydrogen-bond donors (Lipinski definition) is 2. The molecule has 3 N–H and O–H groups in total. The van der Waals surface area contributed by atoms with Crippen LogP contribution in [-0.2, 0) is 16.6 Å². The summed E-state index contributed by atoms with van der Waals surface area (Å²) in [5, 5.41) is 6.79. The van der Waals surface area contributed by atoms with Crippen LogP contribution in [0, 0.1) is 6.92 Å². The van der Waals surface area contributed by atoms with Gasteiger partial charge < -0.3 is 16.0 Å². The van der Waals surface area contributed by atoms with Gasteiger partial charge in [-0.15, -0.1) is 0 Å². The van der Waals surface area contributed by atoms with Crippen molar-refractivity contribution in [3.8, 4) is 0 Å². The lowest BCUT2D eigenvalue weighted by Crippen LogP contribution is -2.44. The Kier molecular flexibility index (Phi) is 4.69. The summed E-state index contributed by atoms with van der Waals surface area (Å²) in [7, 11) is 1.84. The quantitative estimate of drug-likeness (QED) is 0.802. The van der Waals surface area contributed by atoms with E-state index < -0.39 is 11.8 Å². The Labute approximate surface area is 146 Å². The van der Waals surface area contributed by atoms with Crippen LogP contribution in [0.3, 0.4) is 0 Å². The van der Waals surface area contributed by atoms with Gasteiger partial charge in [-0.2, -0.15) is 5.10 Å². The van der Waals surface area contributed by atoms with E-state index in [0.717, 1.165) is 30.5 Å². The van der Waals surface area contributed by atoms with Crippen LogP contribution in [0.2, 0.25) is 0 Å². The molecule has 1 fully saturated rings. The average molecular weight is 342 g/mol. The van der Waals surface area contributed by atoms with Crippen LogP contribution in [0.25, 0.3) is 0 Å². The van der Waals surface area contributed by atoms with Crippen molar-refractivity contribution in [2.75, 3.05) is 17.6 Å². The van der Waals surface area contributed by atoms with Gasteiger partial charge in [0.25, 0.3) is 0 Å². The van der Waals surface area contributed by atoms with E-state index in [-0.39, 0.29) is 6.04 Å². The largest absolute Gasteiger partial charge is 0.383 e. The second kappa shape index (κ2) is 6.92. The summed E-state index contributed by atoms with van der Waals surface area (Å²) >= 11 is 0. The fourth-order valence-corrected chi connectivity index (χ4v) is 3.16. The molecule has 0 aromatic carbocycles. The third-order valence-electron chi connectivity index (χ3n) is 4.53. The van der Waals surface area contributed by atoms with Crippen molar-refractivity contribution in [2.45, 2.75) is 32.2 Å². The van der Waals surface area contributed by atoms with Crippen molar-refractivity contribution in [2.24, 2.45) is 7.05 Å². The molecule has 0 unspecified atom stereocenters. The van der Waals surface area contributed by atoms with Crippen LogP contribution in [-0.4, -0.2) is 38.0 Å². The average Bonchev–Trinajstić information content (AvgIpc) is 3.03. The van der Waals surface area contributed by atoms with E-state index in [9.17, 15) is 9.59 Å². The summed E-state index contributed by atoms with van der Waals surface area (Å²) in [6.45, 7) is 2.35. The van der Waals surface area contributed by atoms with Gasteiger partial charge in [-0.3, -0.25) is 14.3 Å². The Hall–Kier alpha value is -2.90. The van der Waals surface area contributed by atoms with E-state index in [0.29, 0.717) is 18.1 Å². The highest BCUT2D eigenvalue weighted by Crippen LogP contribution is 2.30. The van der Waals surface area contributed by atoms with Crippen LogP contribution in [0.1, 0.15) is 36.6 Å². The minimum atomic E-state index is -0.667. The lowest BCUT2D eigenvalue weighted by molar-refractivity contribution is -0.146. The zero-order valence-corrected chi connectivity index (χ0v) is 14.4. The summed E-state index contributed by atoms with van der Waals surface area (Å²) < 4.78 is 1.75. The molecule has 25 heavy (non-hydrogen) atoms. The molecule has 0 bridgehead atoms. The van der Waals surface area contributed by atoms with Crippen molar-refractivity contribution in [1.82, 2.24) is 19.7 Å². The molecular weight excluding hydrogens is 320 g/mol. The van der Waals surface area contributed by atoms with Gasteiger partial charge in [0.2, 0.25) is 0 Å². The van der Waals surface area contributed by atoms with Crippen molar-refractivity contribution in [1.29, 1.82) is 0 Å². The van der Waals surface area contributed by atoms with Crippen LogP contribution in [0.4, 0.5) is 11.5 Å². The predicted molar refractivity (Wildman–Crippen MR) is 93.5 cm³/mol. The highest BCUT2D eigenvalue weighted by molar-refractivity contribution is 6.39. The maximum Gasteiger partial charge on any atom is 0.313 e. The molecule has 0 aliphatic carbocycles. The molecule has 0 radical (unpaired) electrons. The number of nitrogens with one attached hydrogen (secondary N) is 1. The van der Waals surface area contributed by atoms with E-state index in [2.05, 4.69) is 15.4 Å². The zero-order chi connectivity index (χ0) is 18.0. The molecule has 1 aliphatic heterocycles. The highest BCUT2D eigenvalue weighted by Gasteiger charge is 2.33. The smallest absolute Gasteiger partial charge is 0.313 e. The van der Waals surface area contributed by atoms with E-state index in [4.69, 9.17) is 5.73 Å². The van der Waals surface area contributed by atoms with Gasteiger partial charge in [0.15, 0.2) is 0 Å². The van der Waals surface area contributed by atoms with E-state index in [1.165, 1.54) is 6.20 Å². The number of rotatable bonds is 2. The van der Waals surface area contributed by atoms with E-state index in [1.807, 2.05) is 13.1 Å². The molecule has 2 aromatic rings. The number of carbonyl (C=O) groups is 2. The third kappa shape index (κ3) is 3.47. The molecule has 8 nitrogen and oxygen atoms in total. The molecule has 1 saturated heterocycles. The first-order valence-corrected chi connectivity index (χ1v) is 8.29. The number of likely N-dealkylation sites (tertiary alicyclic amines) is 1. The number of aryl methyl sites for hydroxylation is 2. The Balaban J connectivity index is 1.76. The molecular formula is C17H22N6O2. The number of nitrogens with zero attached hydrogens (tertiary/aromatic N) is 4. The van der Waals surface area contributed by atoms with Crippen molar-refractivity contribution in [3.63, 3.8) is 0 Å². The van der Waals surface area contributed by atoms with E-state index in [1.54, 1.807) is 28.8 Å².